The maximum absolute atomic E-state index is 12.6. The van der Waals surface area contributed by atoms with E-state index in [1.54, 1.807) is 23.9 Å². The van der Waals surface area contributed by atoms with Crippen molar-refractivity contribution in [3.05, 3.63) is 33.8 Å². The SMILES string of the molecule is CSCCC(NC(=O)c1ccc(Cl)cc1Cl)C(=O)NCCOC1CCCCC1C. The molecule has 2 rings (SSSR count). The zero-order valence-electron chi connectivity index (χ0n) is 17.0. The lowest BCUT2D eigenvalue weighted by molar-refractivity contribution is -0.123. The minimum atomic E-state index is -0.629. The first-order valence-corrected chi connectivity index (χ1v) is 12.2. The molecule has 0 saturated heterocycles. The smallest absolute Gasteiger partial charge is 0.253 e. The van der Waals surface area contributed by atoms with Crippen LogP contribution in [-0.4, -0.2) is 49.1 Å². The summed E-state index contributed by atoms with van der Waals surface area (Å²) in [5.41, 5.74) is 0.299. The topological polar surface area (TPSA) is 67.4 Å². The van der Waals surface area contributed by atoms with Gasteiger partial charge in [-0.15, -0.1) is 0 Å². The highest BCUT2D eigenvalue weighted by Gasteiger charge is 2.23. The van der Waals surface area contributed by atoms with Crippen LogP contribution in [0.25, 0.3) is 0 Å². The molecular weight excluding hydrogens is 431 g/mol. The summed E-state index contributed by atoms with van der Waals surface area (Å²) in [6, 6.07) is 4.04. The molecule has 1 fully saturated rings. The number of hydrogen-bond donors (Lipinski definition) is 2. The minimum Gasteiger partial charge on any atom is -0.376 e. The van der Waals surface area contributed by atoms with Gasteiger partial charge in [0.2, 0.25) is 5.91 Å². The van der Waals surface area contributed by atoms with Gasteiger partial charge < -0.3 is 15.4 Å². The normalized spacial score (nSPS) is 20.1. The fraction of sp³-hybridized carbons (Fsp3) is 0.619. The Bertz CT molecular complexity index is 690. The van der Waals surface area contributed by atoms with E-state index < -0.39 is 6.04 Å². The molecule has 2 amide bonds. The fourth-order valence-electron chi connectivity index (χ4n) is 3.45. The Kier molecular flexibility index (Phi) is 10.6. The minimum absolute atomic E-state index is 0.210. The standard InChI is InChI=1S/C21H30Cl2N2O3S/c1-14-5-3-4-6-19(14)28-11-10-24-21(27)18(9-12-29-2)25-20(26)16-8-7-15(22)13-17(16)23/h7-8,13-14,18-19H,3-6,9-12H2,1-2H3,(H,24,27)(H,25,26). The molecule has 1 aliphatic rings. The molecule has 29 heavy (non-hydrogen) atoms. The quantitative estimate of drug-likeness (QED) is 0.502. The molecule has 1 aromatic rings. The van der Waals surface area contributed by atoms with Gasteiger partial charge in [0.15, 0.2) is 0 Å². The number of carbonyl (C=O) groups is 2. The number of halogens is 2. The van der Waals surface area contributed by atoms with Gasteiger partial charge >= 0.3 is 0 Å². The van der Waals surface area contributed by atoms with Gasteiger partial charge in [0.05, 0.1) is 23.3 Å². The number of thioether (sulfide) groups is 1. The molecule has 0 heterocycles. The van der Waals surface area contributed by atoms with E-state index in [-0.39, 0.29) is 22.9 Å². The molecule has 0 radical (unpaired) electrons. The summed E-state index contributed by atoms with van der Waals surface area (Å²) in [6.07, 6.45) is 7.54. The predicted octanol–water partition coefficient (Wildman–Crippen LogP) is 4.56. The Morgan fingerprint density at radius 1 is 1.28 bits per heavy atom. The molecule has 2 N–H and O–H groups in total. The van der Waals surface area contributed by atoms with Crippen molar-refractivity contribution in [1.82, 2.24) is 10.6 Å². The summed E-state index contributed by atoms with van der Waals surface area (Å²) in [7, 11) is 0. The Balaban J connectivity index is 1.85. The van der Waals surface area contributed by atoms with E-state index in [9.17, 15) is 9.59 Å². The van der Waals surface area contributed by atoms with Crippen molar-refractivity contribution in [2.75, 3.05) is 25.2 Å². The second kappa shape index (κ2) is 12.7. The predicted molar refractivity (Wildman–Crippen MR) is 121 cm³/mol. The number of ether oxygens (including phenoxy) is 1. The van der Waals surface area contributed by atoms with Crippen molar-refractivity contribution in [3.8, 4) is 0 Å². The Labute approximate surface area is 187 Å². The van der Waals surface area contributed by atoms with Crippen LogP contribution in [0.5, 0.6) is 0 Å². The number of hydrogen-bond acceptors (Lipinski definition) is 4. The number of nitrogens with one attached hydrogen (secondary N) is 2. The van der Waals surface area contributed by atoms with Gasteiger partial charge in [0, 0.05) is 11.6 Å². The number of carbonyl (C=O) groups excluding carboxylic acids is 2. The average Bonchev–Trinajstić information content (AvgIpc) is 2.69. The van der Waals surface area contributed by atoms with Crippen molar-refractivity contribution < 1.29 is 14.3 Å². The lowest BCUT2D eigenvalue weighted by Crippen LogP contribution is -2.48. The van der Waals surface area contributed by atoms with Crippen LogP contribution in [0.2, 0.25) is 10.0 Å². The lowest BCUT2D eigenvalue weighted by atomic mass is 9.88. The van der Waals surface area contributed by atoms with Crippen molar-refractivity contribution in [1.29, 1.82) is 0 Å². The molecule has 1 aromatic carbocycles. The van der Waals surface area contributed by atoms with Gasteiger partial charge in [-0.3, -0.25) is 9.59 Å². The molecule has 8 heteroatoms. The monoisotopic (exact) mass is 460 g/mol. The first kappa shape index (κ1) is 24.3. The van der Waals surface area contributed by atoms with Crippen LogP contribution in [0.4, 0.5) is 0 Å². The summed E-state index contributed by atoms with van der Waals surface area (Å²) >= 11 is 13.6. The zero-order chi connectivity index (χ0) is 21.2. The molecule has 5 nitrogen and oxygen atoms in total. The zero-order valence-corrected chi connectivity index (χ0v) is 19.3. The van der Waals surface area contributed by atoms with E-state index in [2.05, 4.69) is 17.6 Å². The van der Waals surface area contributed by atoms with E-state index in [0.717, 1.165) is 12.2 Å². The number of benzene rings is 1. The lowest BCUT2D eigenvalue weighted by Gasteiger charge is -2.28. The third-order valence-electron chi connectivity index (χ3n) is 5.17. The second-order valence-corrected chi connectivity index (χ2v) is 9.22. The van der Waals surface area contributed by atoms with Crippen molar-refractivity contribution >= 4 is 46.8 Å². The van der Waals surface area contributed by atoms with Gasteiger partial charge in [-0.25, -0.2) is 0 Å². The van der Waals surface area contributed by atoms with Crippen LogP contribution in [0.15, 0.2) is 18.2 Å². The highest BCUT2D eigenvalue weighted by Crippen LogP contribution is 2.26. The first-order chi connectivity index (χ1) is 13.9. The molecule has 0 aromatic heterocycles. The fourth-order valence-corrected chi connectivity index (χ4v) is 4.42. The molecule has 0 spiro atoms. The number of amides is 2. The van der Waals surface area contributed by atoms with Crippen LogP contribution in [-0.2, 0) is 9.53 Å². The molecule has 1 aliphatic carbocycles. The van der Waals surface area contributed by atoms with Crippen molar-refractivity contribution in [2.45, 2.75) is 51.2 Å². The highest BCUT2D eigenvalue weighted by molar-refractivity contribution is 7.98. The molecular formula is C21H30Cl2N2O3S. The van der Waals surface area contributed by atoms with Crippen LogP contribution in [0, 0.1) is 5.92 Å². The van der Waals surface area contributed by atoms with Crippen LogP contribution in [0.1, 0.15) is 49.4 Å². The number of rotatable bonds is 10. The summed E-state index contributed by atoms with van der Waals surface area (Å²) in [5, 5.41) is 6.39. The van der Waals surface area contributed by atoms with Gasteiger partial charge in [-0.05, 0) is 55.4 Å². The molecule has 162 valence electrons. The third kappa shape index (κ3) is 8.00. The van der Waals surface area contributed by atoms with Gasteiger partial charge in [0.25, 0.3) is 5.91 Å². The third-order valence-corrected chi connectivity index (χ3v) is 6.37. The van der Waals surface area contributed by atoms with Gasteiger partial charge in [0.1, 0.15) is 6.04 Å². The average molecular weight is 461 g/mol. The van der Waals surface area contributed by atoms with E-state index in [4.69, 9.17) is 27.9 Å². The van der Waals surface area contributed by atoms with Gasteiger partial charge in [-0.1, -0.05) is 43.0 Å². The summed E-state index contributed by atoms with van der Waals surface area (Å²) in [6.45, 7) is 3.13. The van der Waals surface area contributed by atoms with Crippen LogP contribution < -0.4 is 10.6 Å². The molecule has 1 saturated carbocycles. The summed E-state index contributed by atoms with van der Waals surface area (Å²) in [5.74, 6) is 0.721. The molecule has 0 bridgehead atoms. The Hall–Kier alpha value is -0.950. The molecule has 0 aliphatic heterocycles. The molecule has 3 unspecified atom stereocenters. The summed E-state index contributed by atoms with van der Waals surface area (Å²) in [4.78, 5) is 25.2. The maximum Gasteiger partial charge on any atom is 0.253 e. The Morgan fingerprint density at radius 2 is 2.03 bits per heavy atom. The summed E-state index contributed by atoms with van der Waals surface area (Å²) < 4.78 is 5.95. The maximum atomic E-state index is 12.6. The van der Waals surface area contributed by atoms with Crippen molar-refractivity contribution in [3.63, 3.8) is 0 Å². The highest BCUT2D eigenvalue weighted by atomic mass is 35.5. The van der Waals surface area contributed by atoms with E-state index in [1.807, 2.05) is 6.26 Å². The Morgan fingerprint density at radius 3 is 2.72 bits per heavy atom. The first-order valence-electron chi connectivity index (χ1n) is 10.1. The van der Waals surface area contributed by atoms with Gasteiger partial charge in [-0.2, -0.15) is 11.8 Å². The van der Waals surface area contributed by atoms with Crippen LogP contribution in [0.3, 0.4) is 0 Å². The van der Waals surface area contributed by atoms with Crippen LogP contribution >= 0.6 is 35.0 Å². The van der Waals surface area contributed by atoms with Crippen molar-refractivity contribution in [2.24, 2.45) is 5.92 Å². The molecule has 3 atom stereocenters. The van der Waals surface area contributed by atoms with E-state index >= 15 is 0 Å². The largest absolute Gasteiger partial charge is 0.376 e. The van der Waals surface area contributed by atoms with E-state index in [0.29, 0.717) is 36.1 Å². The van der Waals surface area contributed by atoms with E-state index in [1.165, 1.54) is 25.3 Å². The second-order valence-electron chi connectivity index (χ2n) is 7.39.